The van der Waals surface area contributed by atoms with Gasteiger partial charge in [0.15, 0.2) is 0 Å². The van der Waals surface area contributed by atoms with E-state index in [0.29, 0.717) is 6.04 Å². The minimum atomic E-state index is -0.174. The summed E-state index contributed by atoms with van der Waals surface area (Å²) in [5.41, 5.74) is 0. The van der Waals surface area contributed by atoms with Crippen molar-refractivity contribution in [2.75, 3.05) is 6.67 Å². The summed E-state index contributed by atoms with van der Waals surface area (Å²) in [6, 6.07) is 0.912. The normalized spacial score (nSPS) is 51.4. The fraction of sp³-hybridized carbons (Fsp3) is 1.00. The molecule has 0 bridgehead atoms. The van der Waals surface area contributed by atoms with E-state index in [1.807, 2.05) is 0 Å². The Kier molecular flexibility index (Phi) is 0.852. The van der Waals surface area contributed by atoms with Gasteiger partial charge in [-0.2, -0.15) is 0 Å². The number of hydrogen-bond acceptors (Lipinski definition) is 1. The van der Waals surface area contributed by atoms with E-state index in [1.165, 1.54) is 6.42 Å². The van der Waals surface area contributed by atoms with Crippen LogP contribution >= 0.6 is 0 Å². The van der Waals surface area contributed by atoms with Crippen molar-refractivity contribution < 1.29 is 4.39 Å². The van der Waals surface area contributed by atoms with E-state index in [2.05, 4.69) is 5.32 Å². The van der Waals surface area contributed by atoms with Gasteiger partial charge in [0.1, 0.15) is 6.67 Å². The van der Waals surface area contributed by atoms with Gasteiger partial charge in [-0.05, 0) is 18.8 Å². The molecular formula is C6H10FN. The third-order valence-electron chi connectivity index (χ3n) is 2.15. The van der Waals surface area contributed by atoms with Gasteiger partial charge in [-0.15, -0.1) is 0 Å². The van der Waals surface area contributed by atoms with Crippen molar-refractivity contribution in [2.24, 2.45) is 5.92 Å². The van der Waals surface area contributed by atoms with Gasteiger partial charge >= 0.3 is 0 Å². The average Bonchev–Trinajstić information content (AvgIpc) is 2.40. The molecule has 1 aliphatic carbocycles. The maximum absolute atomic E-state index is 11.8. The number of hydrogen-bond donors (Lipinski definition) is 1. The molecule has 0 aromatic carbocycles. The highest BCUT2D eigenvalue weighted by atomic mass is 19.1. The van der Waals surface area contributed by atoms with Gasteiger partial charge in [0.25, 0.3) is 0 Å². The molecular weight excluding hydrogens is 105 g/mol. The average molecular weight is 115 g/mol. The SMILES string of the molecule is FCC1CC2CC2N1. The smallest absolute Gasteiger partial charge is 0.105 e. The van der Waals surface area contributed by atoms with Crippen LogP contribution in [0.3, 0.4) is 0 Å². The third kappa shape index (κ3) is 0.558. The molecule has 1 aliphatic heterocycles. The van der Waals surface area contributed by atoms with Crippen LogP contribution in [0.2, 0.25) is 0 Å². The molecule has 1 saturated carbocycles. The standard InChI is InChI=1S/C6H10FN/c7-3-5-1-4-2-6(4)8-5/h4-6,8H,1-3H2. The second kappa shape index (κ2) is 1.44. The second-order valence-electron chi connectivity index (χ2n) is 2.86. The summed E-state index contributed by atoms with van der Waals surface area (Å²) in [5, 5.41) is 3.20. The lowest BCUT2D eigenvalue weighted by atomic mass is 10.2. The van der Waals surface area contributed by atoms with Gasteiger partial charge in [0.05, 0.1) is 0 Å². The predicted octanol–water partition coefficient (Wildman–Crippen LogP) is 0.706. The van der Waals surface area contributed by atoms with Crippen LogP contribution in [0.25, 0.3) is 0 Å². The molecule has 2 aliphatic rings. The van der Waals surface area contributed by atoms with E-state index in [-0.39, 0.29) is 12.7 Å². The number of alkyl halides is 1. The molecule has 1 N–H and O–H groups in total. The molecule has 46 valence electrons. The summed E-state index contributed by atoms with van der Waals surface area (Å²) in [4.78, 5) is 0. The highest BCUT2D eigenvalue weighted by Crippen LogP contribution is 2.40. The molecule has 0 spiro atoms. The van der Waals surface area contributed by atoms with Crippen LogP contribution in [-0.4, -0.2) is 18.8 Å². The Morgan fingerprint density at radius 3 is 2.75 bits per heavy atom. The maximum atomic E-state index is 11.8. The van der Waals surface area contributed by atoms with Crippen LogP contribution in [-0.2, 0) is 0 Å². The van der Waals surface area contributed by atoms with Gasteiger partial charge in [-0.25, -0.2) is 4.39 Å². The van der Waals surface area contributed by atoms with Crippen molar-refractivity contribution in [1.82, 2.24) is 5.32 Å². The van der Waals surface area contributed by atoms with Gasteiger partial charge in [0.2, 0.25) is 0 Å². The summed E-state index contributed by atoms with van der Waals surface area (Å²) in [7, 11) is 0. The molecule has 0 radical (unpaired) electrons. The van der Waals surface area contributed by atoms with Crippen LogP contribution < -0.4 is 5.32 Å². The first kappa shape index (κ1) is 4.74. The molecule has 1 nitrogen and oxygen atoms in total. The van der Waals surface area contributed by atoms with Crippen LogP contribution in [0.5, 0.6) is 0 Å². The Morgan fingerprint density at radius 1 is 1.50 bits per heavy atom. The fourth-order valence-corrected chi connectivity index (χ4v) is 1.56. The first-order valence-electron chi connectivity index (χ1n) is 3.22. The van der Waals surface area contributed by atoms with Crippen molar-refractivity contribution in [3.8, 4) is 0 Å². The van der Waals surface area contributed by atoms with Crippen molar-refractivity contribution in [3.05, 3.63) is 0 Å². The Morgan fingerprint density at radius 2 is 2.38 bits per heavy atom. The van der Waals surface area contributed by atoms with Crippen molar-refractivity contribution >= 4 is 0 Å². The van der Waals surface area contributed by atoms with Crippen LogP contribution in [0, 0.1) is 5.92 Å². The summed E-state index contributed by atoms with van der Waals surface area (Å²) in [6.07, 6.45) is 2.39. The summed E-state index contributed by atoms with van der Waals surface area (Å²) in [5.74, 6) is 0.843. The van der Waals surface area contributed by atoms with E-state index in [1.54, 1.807) is 0 Å². The third-order valence-corrected chi connectivity index (χ3v) is 2.15. The highest BCUT2D eigenvalue weighted by molar-refractivity contribution is 5.02. The maximum Gasteiger partial charge on any atom is 0.105 e. The van der Waals surface area contributed by atoms with Crippen molar-refractivity contribution in [1.29, 1.82) is 0 Å². The van der Waals surface area contributed by atoms with Crippen LogP contribution in [0.1, 0.15) is 12.8 Å². The topological polar surface area (TPSA) is 12.0 Å². The molecule has 2 fully saturated rings. The predicted molar refractivity (Wildman–Crippen MR) is 29.4 cm³/mol. The fourth-order valence-electron chi connectivity index (χ4n) is 1.56. The largest absolute Gasteiger partial charge is 0.308 e. The number of piperidine rings is 1. The molecule has 1 heterocycles. The van der Waals surface area contributed by atoms with E-state index in [9.17, 15) is 4.39 Å². The van der Waals surface area contributed by atoms with E-state index in [0.717, 1.165) is 12.3 Å². The number of halogens is 1. The van der Waals surface area contributed by atoms with Crippen LogP contribution in [0.15, 0.2) is 0 Å². The van der Waals surface area contributed by atoms with Gasteiger partial charge < -0.3 is 5.32 Å². The molecule has 2 heteroatoms. The van der Waals surface area contributed by atoms with Gasteiger partial charge in [-0.3, -0.25) is 0 Å². The number of rotatable bonds is 1. The Balaban J connectivity index is 1.89. The van der Waals surface area contributed by atoms with Crippen LogP contribution in [0.4, 0.5) is 4.39 Å². The minimum Gasteiger partial charge on any atom is -0.308 e. The van der Waals surface area contributed by atoms with Gasteiger partial charge in [0, 0.05) is 12.1 Å². The summed E-state index contributed by atoms with van der Waals surface area (Å²) < 4.78 is 11.8. The zero-order valence-corrected chi connectivity index (χ0v) is 4.73. The van der Waals surface area contributed by atoms with E-state index >= 15 is 0 Å². The lowest BCUT2D eigenvalue weighted by Crippen LogP contribution is -2.27. The summed E-state index contributed by atoms with van der Waals surface area (Å²) >= 11 is 0. The van der Waals surface area contributed by atoms with E-state index in [4.69, 9.17) is 0 Å². The van der Waals surface area contributed by atoms with Crippen molar-refractivity contribution in [3.63, 3.8) is 0 Å². The second-order valence-corrected chi connectivity index (χ2v) is 2.86. The molecule has 8 heavy (non-hydrogen) atoms. The Bertz CT molecular complexity index is 94.7. The number of nitrogens with one attached hydrogen (secondary N) is 1. The molecule has 0 amide bonds. The van der Waals surface area contributed by atoms with Crippen molar-refractivity contribution in [2.45, 2.75) is 24.9 Å². The van der Waals surface area contributed by atoms with Gasteiger partial charge in [-0.1, -0.05) is 0 Å². The number of fused-ring (bicyclic) bond motifs is 1. The lowest BCUT2D eigenvalue weighted by Gasteiger charge is -2.05. The molecule has 3 atom stereocenters. The first-order valence-corrected chi connectivity index (χ1v) is 3.22. The lowest BCUT2D eigenvalue weighted by molar-refractivity contribution is 0.384. The summed E-state index contributed by atoms with van der Waals surface area (Å²) in [6.45, 7) is -0.174. The molecule has 0 aromatic rings. The first-order chi connectivity index (χ1) is 3.90. The minimum absolute atomic E-state index is 0.174. The molecule has 1 saturated heterocycles. The monoisotopic (exact) mass is 115 g/mol. The Hall–Kier alpha value is -0.110. The molecule has 0 aromatic heterocycles. The quantitative estimate of drug-likeness (QED) is 0.530. The highest BCUT2D eigenvalue weighted by Gasteiger charge is 2.45. The zero-order valence-electron chi connectivity index (χ0n) is 4.73. The van der Waals surface area contributed by atoms with E-state index < -0.39 is 0 Å². The molecule has 2 rings (SSSR count). The zero-order chi connectivity index (χ0) is 5.56. The Labute approximate surface area is 48.3 Å². The molecule has 3 unspecified atom stereocenters.